The first kappa shape index (κ1) is 52.5. The summed E-state index contributed by atoms with van der Waals surface area (Å²) >= 11 is 0. The summed E-state index contributed by atoms with van der Waals surface area (Å²) in [4.78, 5) is 82.6. The van der Waals surface area contributed by atoms with Crippen molar-refractivity contribution in [3.05, 3.63) is 11.6 Å². The van der Waals surface area contributed by atoms with Crippen LogP contribution in [0.5, 0.6) is 0 Å². The van der Waals surface area contributed by atoms with E-state index in [0.717, 1.165) is 37.7 Å². The van der Waals surface area contributed by atoms with Crippen LogP contribution in [-0.2, 0) is 42.9 Å². The smallest absolute Gasteiger partial charge is 0.335 e. The molecule has 20 atom stereocenters. The topological polar surface area (TPSA) is 380 Å². The highest BCUT2D eigenvalue weighted by molar-refractivity contribution is 6.05. The standard InChI is InChI=1S/C42H62O16.C4H6N4O3/c1-37(2)21-8-11-42(7)31(20(43)16-18-19-17-39(4,36(53)54)13-12-38(19,3)14-15-41(18,42)6)40(21,5)10-9-22(37)55-35-30(26(47)25(46)29(57-35)33(51)52)58-34-27(48)23(44)24(45)28(56-34)32(49)50;5-3(10)6-1-2(9)8-4(11)7-1/h16,19,21-31,34-35,44-48H,8-15,17H2,1-7H3,(H,49,50)(H,51,52)(H,53,54);1H,(H3,5,6,10)(H2,7,8,9,11)/t19-,21-,22-,23-,24-,25-,26-,27+,28-,29-,30+,31+,34-,35-,38+,39-,40-,41+,42+;/m0./s1. The van der Waals surface area contributed by atoms with Crippen LogP contribution in [0.1, 0.15) is 106 Å². The van der Waals surface area contributed by atoms with Crippen molar-refractivity contribution in [1.82, 2.24) is 16.0 Å². The molecule has 13 N–H and O–H groups in total. The van der Waals surface area contributed by atoms with Crippen molar-refractivity contribution < 1.29 is 93.4 Å². The minimum Gasteiger partial charge on any atom is -0.481 e. The van der Waals surface area contributed by atoms with Crippen LogP contribution in [0.4, 0.5) is 9.59 Å². The maximum absolute atomic E-state index is 14.8. The number of carbonyl (C=O) groups excluding carboxylic acids is 4. The molecule has 0 aromatic carbocycles. The second kappa shape index (κ2) is 18.1. The predicted octanol–water partition coefficient (Wildman–Crippen LogP) is 0.0658. The molecule has 1 unspecified atom stereocenters. The summed E-state index contributed by atoms with van der Waals surface area (Å²) in [6.45, 7) is 14.8. The number of carboxylic acids is 3. The van der Waals surface area contributed by atoms with Crippen molar-refractivity contribution >= 4 is 41.7 Å². The van der Waals surface area contributed by atoms with E-state index in [0.29, 0.717) is 25.7 Å². The number of aliphatic carboxylic acids is 3. The van der Waals surface area contributed by atoms with Crippen molar-refractivity contribution in [2.75, 3.05) is 0 Å². The van der Waals surface area contributed by atoms with Crippen molar-refractivity contribution in [2.24, 2.45) is 56.0 Å². The lowest BCUT2D eigenvalue weighted by molar-refractivity contribution is -0.371. The number of urea groups is 2. The number of allylic oxidation sites excluding steroid dienone is 2. The molecule has 5 aliphatic carbocycles. The maximum atomic E-state index is 14.8. The molecule has 3 aliphatic heterocycles. The van der Waals surface area contributed by atoms with Gasteiger partial charge in [-0.3, -0.25) is 19.7 Å². The monoisotopic (exact) mass is 980 g/mol. The normalized spacial score (nSPS) is 47.7. The average molecular weight is 981 g/mol. The van der Waals surface area contributed by atoms with Gasteiger partial charge >= 0.3 is 30.0 Å². The van der Waals surface area contributed by atoms with E-state index in [1.807, 2.05) is 37.5 Å². The number of ketones is 1. The number of hydrogen-bond acceptors (Lipinski definition) is 16. The van der Waals surface area contributed by atoms with Crippen LogP contribution >= 0.6 is 0 Å². The molecule has 8 rings (SSSR count). The third kappa shape index (κ3) is 8.61. The number of nitrogens with two attached hydrogens (primary N) is 1. The third-order valence-corrected chi connectivity index (χ3v) is 18.3. The van der Waals surface area contributed by atoms with Gasteiger partial charge in [-0.15, -0.1) is 0 Å². The van der Waals surface area contributed by atoms with E-state index in [2.05, 4.69) is 33.0 Å². The van der Waals surface area contributed by atoms with Gasteiger partial charge in [0, 0.05) is 5.92 Å². The Balaban J connectivity index is 0.000000563. The summed E-state index contributed by atoms with van der Waals surface area (Å²) in [6.07, 6.45) is -13.3. The molecule has 3 saturated heterocycles. The number of fused-ring (bicyclic) bond motifs is 7. The quantitative estimate of drug-likeness (QED) is 0.113. The number of carbonyl (C=O) groups is 7. The Hall–Kier alpha value is -4.33. The molecule has 69 heavy (non-hydrogen) atoms. The summed E-state index contributed by atoms with van der Waals surface area (Å²) in [7, 11) is 0. The first-order valence-corrected chi connectivity index (χ1v) is 23.5. The summed E-state index contributed by atoms with van der Waals surface area (Å²) < 4.78 is 23.4. The van der Waals surface area contributed by atoms with E-state index in [1.165, 1.54) is 0 Å². The molecule has 0 spiro atoms. The highest BCUT2D eigenvalue weighted by Gasteiger charge is 2.71. The molecular weight excluding hydrogens is 913 g/mol. The van der Waals surface area contributed by atoms with Crippen LogP contribution in [0.15, 0.2) is 11.6 Å². The zero-order valence-corrected chi connectivity index (χ0v) is 39.7. The molecule has 5 amide bonds. The van der Waals surface area contributed by atoms with E-state index in [-0.39, 0.29) is 34.4 Å². The summed E-state index contributed by atoms with van der Waals surface area (Å²) in [5, 5.41) is 89.1. The molecule has 3 heterocycles. The molecule has 4 saturated carbocycles. The molecular formula is C46H68N4O19. The van der Waals surface area contributed by atoms with Crippen LogP contribution in [0, 0.1) is 50.2 Å². The Morgan fingerprint density at radius 1 is 0.739 bits per heavy atom. The Bertz CT molecular complexity index is 2160. The van der Waals surface area contributed by atoms with E-state index in [1.54, 1.807) is 0 Å². The minimum atomic E-state index is -2.05. The van der Waals surface area contributed by atoms with E-state index in [4.69, 9.17) is 24.7 Å². The van der Waals surface area contributed by atoms with Crippen LogP contribution in [0.3, 0.4) is 0 Å². The number of aliphatic hydroxyl groups is 5. The Morgan fingerprint density at radius 3 is 1.90 bits per heavy atom. The molecule has 23 nitrogen and oxygen atoms in total. The lowest BCUT2D eigenvalue weighted by atomic mass is 9.33. The zero-order chi connectivity index (χ0) is 51.3. The Morgan fingerprint density at radius 2 is 1.33 bits per heavy atom. The van der Waals surface area contributed by atoms with E-state index in [9.17, 15) is 74.4 Å². The number of ether oxygens (including phenoxy) is 4. The Kier molecular flexibility index (Phi) is 13.7. The predicted molar refractivity (Wildman–Crippen MR) is 233 cm³/mol. The Labute approximate surface area is 397 Å². The van der Waals surface area contributed by atoms with Gasteiger partial charge in [0.15, 0.2) is 36.7 Å². The first-order valence-electron chi connectivity index (χ1n) is 23.5. The number of imide groups is 1. The first-order chi connectivity index (χ1) is 31.9. The number of primary amides is 1. The van der Waals surface area contributed by atoms with Crippen LogP contribution in [-0.4, -0.2) is 156 Å². The van der Waals surface area contributed by atoms with Gasteiger partial charge in [0.1, 0.15) is 36.6 Å². The number of amides is 5. The van der Waals surface area contributed by atoms with Crippen LogP contribution in [0.25, 0.3) is 0 Å². The van der Waals surface area contributed by atoms with Gasteiger partial charge in [-0.1, -0.05) is 47.1 Å². The summed E-state index contributed by atoms with van der Waals surface area (Å²) in [5.41, 5.74) is 2.89. The van der Waals surface area contributed by atoms with Gasteiger partial charge < -0.3 is 76.2 Å². The van der Waals surface area contributed by atoms with E-state index < -0.39 is 131 Å². The van der Waals surface area contributed by atoms with Gasteiger partial charge in [-0.25, -0.2) is 19.2 Å². The molecule has 0 aromatic heterocycles. The third-order valence-electron chi connectivity index (χ3n) is 18.3. The molecule has 23 heteroatoms. The summed E-state index contributed by atoms with van der Waals surface area (Å²) in [6, 6.07) is -1.51. The molecule has 0 bridgehead atoms. The minimum absolute atomic E-state index is 0.0217. The van der Waals surface area contributed by atoms with Gasteiger partial charge in [-0.2, -0.15) is 0 Å². The van der Waals surface area contributed by atoms with Gasteiger partial charge in [0.25, 0.3) is 5.91 Å². The second-order valence-electron chi connectivity index (χ2n) is 22.5. The van der Waals surface area contributed by atoms with Crippen molar-refractivity contribution in [3.63, 3.8) is 0 Å². The zero-order valence-electron chi connectivity index (χ0n) is 39.7. The highest BCUT2D eigenvalue weighted by atomic mass is 16.8. The molecule has 8 aliphatic rings. The van der Waals surface area contributed by atoms with Crippen LogP contribution in [0.2, 0.25) is 0 Å². The lowest BCUT2D eigenvalue weighted by Gasteiger charge is -2.70. The number of rotatable bonds is 8. The largest absolute Gasteiger partial charge is 0.481 e. The molecule has 0 aromatic rings. The molecule has 7 fully saturated rings. The summed E-state index contributed by atoms with van der Waals surface area (Å²) in [5.74, 6) is -5.09. The van der Waals surface area contributed by atoms with Gasteiger partial charge in [0.05, 0.1) is 11.5 Å². The SMILES string of the molecule is CC1(C)[C@@H](O[C@H]2O[C@H](C(=O)O)[C@@H](O)[C@H](O)[C@H]2O[C@@H]2O[C@H](C(=O)O)[C@@H](O)[C@H](O)[C@H]2O)CC[C@]2(C)[C@H]3C(=O)C=C4[C@@H]5C[C@@](C)(C(=O)O)CC[C@]5(C)CC[C@@]4(C)[C@]3(C)CC[C@@H]12.NC(=O)NC1NC(=O)NC1=O. The number of nitrogens with one attached hydrogen (secondary N) is 3. The molecule has 386 valence electrons. The fraction of sp³-hybridized carbons (Fsp3) is 0.804. The lowest BCUT2D eigenvalue weighted by Crippen LogP contribution is -2.68. The fourth-order valence-corrected chi connectivity index (χ4v) is 14.0. The molecule has 0 radical (unpaired) electrons. The highest BCUT2D eigenvalue weighted by Crippen LogP contribution is 2.75. The van der Waals surface area contributed by atoms with Gasteiger partial charge in [0.2, 0.25) is 0 Å². The van der Waals surface area contributed by atoms with E-state index >= 15 is 0 Å². The number of aliphatic hydroxyl groups excluding tert-OH is 5. The number of carboxylic acid groups (broad SMARTS) is 3. The van der Waals surface area contributed by atoms with Gasteiger partial charge in [-0.05, 0) is 110 Å². The fourth-order valence-electron chi connectivity index (χ4n) is 14.0. The second-order valence-corrected chi connectivity index (χ2v) is 22.5. The van der Waals surface area contributed by atoms with Crippen LogP contribution < -0.4 is 21.7 Å². The van der Waals surface area contributed by atoms with Crippen molar-refractivity contribution in [1.29, 1.82) is 0 Å². The average Bonchev–Trinajstić information content (AvgIpc) is 3.57. The number of hydrogen-bond donors (Lipinski definition) is 12. The van der Waals surface area contributed by atoms with Crippen molar-refractivity contribution in [3.8, 4) is 0 Å². The van der Waals surface area contributed by atoms with Crippen molar-refractivity contribution in [2.45, 2.75) is 180 Å². The maximum Gasteiger partial charge on any atom is 0.335 e.